The molecule has 2 saturated heterocycles. The van der Waals surface area contributed by atoms with Crippen molar-refractivity contribution in [2.24, 2.45) is 5.90 Å². The highest BCUT2D eigenvalue weighted by Gasteiger charge is 2.65. The minimum Gasteiger partial charge on any atom is -0.387 e. The van der Waals surface area contributed by atoms with Gasteiger partial charge in [0.1, 0.15) is 17.8 Å². The summed E-state index contributed by atoms with van der Waals surface area (Å²) in [4.78, 5) is 4.71. The topological polar surface area (TPSA) is 83.2 Å². The first-order valence-corrected chi connectivity index (χ1v) is 5.53. The Bertz CT molecular complexity index is 302. The van der Waals surface area contributed by atoms with Crippen molar-refractivity contribution < 1.29 is 24.2 Å². The predicted molar refractivity (Wildman–Crippen MR) is 51.9 cm³/mol. The van der Waals surface area contributed by atoms with Gasteiger partial charge in [0.05, 0.1) is 6.10 Å². The Morgan fingerprint density at radius 3 is 2.50 bits per heavy atom. The lowest BCUT2D eigenvalue weighted by Crippen LogP contribution is -2.57. The Morgan fingerprint density at radius 1 is 1.25 bits per heavy atom. The second-order valence-corrected chi connectivity index (χ2v) is 5.26. The van der Waals surface area contributed by atoms with Crippen molar-refractivity contribution in [3.05, 3.63) is 0 Å². The molecule has 92 valence electrons. The first-order chi connectivity index (χ1) is 7.46. The van der Waals surface area contributed by atoms with E-state index in [0.29, 0.717) is 12.8 Å². The second-order valence-electron chi connectivity index (χ2n) is 5.26. The van der Waals surface area contributed by atoms with Crippen LogP contribution >= 0.6 is 0 Å². The van der Waals surface area contributed by atoms with Crippen LogP contribution in [0.1, 0.15) is 26.7 Å². The van der Waals surface area contributed by atoms with E-state index < -0.39 is 29.9 Å². The smallest absolute Gasteiger partial charge is 0.190 e. The maximum absolute atomic E-state index is 10.2. The molecular weight excluding hydrogens is 214 g/mol. The number of hydrogen-bond acceptors (Lipinski definition) is 6. The third-order valence-corrected chi connectivity index (χ3v) is 3.63. The summed E-state index contributed by atoms with van der Waals surface area (Å²) in [5.41, 5.74) is -0.587. The zero-order valence-corrected chi connectivity index (χ0v) is 9.38. The molecule has 1 spiro atoms. The van der Waals surface area contributed by atoms with Crippen LogP contribution in [0.15, 0.2) is 0 Å². The lowest BCUT2D eigenvalue weighted by Gasteiger charge is -2.45. The molecule has 0 aromatic carbocycles. The van der Waals surface area contributed by atoms with Gasteiger partial charge in [-0.1, -0.05) is 0 Å². The number of ether oxygens (including phenoxy) is 3. The molecule has 6 nitrogen and oxygen atoms in total. The molecule has 0 amide bonds. The molecule has 0 unspecified atom stereocenters. The summed E-state index contributed by atoms with van der Waals surface area (Å²) < 4.78 is 16.9. The van der Waals surface area contributed by atoms with E-state index in [1.165, 1.54) is 0 Å². The van der Waals surface area contributed by atoms with Crippen LogP contribution in [0.4, 0.5) is 0 Å². The fraction of sp³-hybridized carbons (Fsp3) is 1.00. The molecule has 3 atom stereocenters. The zero-order chi connectivity index (χ0) is 11.6. The van der Waals surface area contributed by atoms with Crippen molar-refractivity contribution in [1.82, 2.24) is 0 Å². The van der Waals surface area contributed by atoms with Gasteiger partial charge in [0.15, 0.2) is 12.1 Å². The molecule has 3 N–H and O–H groups in total. The van der Waals surface area contributed by atoms with Gasteiger partial charge in [0.25, 0.3) is 0 Å². The number of hydrogen-bond donors (Lipinski definition) is 2. The van der Waals surface area contributed by atoms with E-state index in [0.717, 1.165) is 0 Å². The number of aliphatic hydroxyl groups is 1. The quantitative estimate of drug-likeness (QED) is 0.600. The lowest BCUT2D eigenvalue weighted by molar-refractivity contribution is -0.273. The fourth-order valence-electron chi connectivity index (χ4n) is 2.81. The average molecular weight is 231 g/mol. The number of aliphatic hydroxyl groups excluding tert-OH is 1. The summed E-state index contributed by atoms with van der Waals surface area (Å²) in [5, 5.41) is 10.2. The Kier molecular flexibility index (Phi) is 2.15. The summed E-state index contributed by atoms with van der Waals surface area (Å²) >= 11 is 0. The third-order valence-electron chi connectivity index (χ3n) is 3.63. The van der Waals surface area contributed by atoms with Crippen molar-refractivity contribution in [1.29, 1.82) is 0 Å². The second kappa shape index (κ2) is 3.16. The van der Waals surface area contributed by atoms with Crippen molar-refractivity contribution in [3.63, 3.8) is 0 Å². The van der Waals surface area contributed by atoms with Crippen LogP contribution in [-0.2, 0) is 19.0 Å². The molecule has 3 aliphatic rings. The summed E-state index contributed by atoms with van der Waals surface area (Å²) in [6.07, 6.45) is -0.431. The summed E-state index contributed by atoms with van der Waals surface area (Å²) in [6, 6.07) is 0. The van der Waals surface area contributed by atoms with Gasteiger partial charge < -0.3 is 24.2 Å². The summed E-state index contributed by atoms with van der Waals surface area (Å²) in [7, 11) is 0. The molecule has 3 fully saturated rings. The Hall–Kier alpha value is -0.240. The molecule has 0 aromatic heterocycles. The SMILES string of the molecule is CC1(C)O[C@H]2OC3(CC(ON)C3)[C@H](O)[C@H]2O1. The van der Waals surface area contributed by atoms with Gasteiger partial charge in [-0.3, -0.25) is 0 Å². The average Bonchev–Trinajstić information content (AvgIpc) is 2.56. The molecule has 0 radical (unpaired) electrons. The van der Waals surface area contributed by atoms with E-state index in [1.807, 2.05) is 0 Å². The largest absolute Gasteiger partial charge is 0.387 e. The Balaban J connectivity index is 1.72. The minimum atomic E-state index is -0.689. The maximum atomic E-state index is 10.2. The van der Waals surface area contributed by atoms with Crippen LogP contribution in [0.5, 0.6) is 0 Å². The van der Waals surface area contributed by atoms with E-state index >= 15 is 0 Å². The molecular formula is C10H17NO5. The van der Waals surface area contributed by atoms with E-state index in [1.54, 1.807) is 13.8 Å². The lowest BCUT2D eigenvalue weighted by atomic mass is 9.73. The predicted octanol–water partition coefficient (Wildman–Crippen LogP) is -0.353. The Labute approximate surface area is 93.5 Å². The molecule has 3 rings (SSSR count). The highest BCUT2D eigenvalue weighted by Crippen LogP contribution is 2.51. The van der Waals surface area contributed by atoms with Crippen molar-refractivity contribution in [2.45, 2.75) is 62.7 Å². The van der Waals surface area contributed by atoms with Crippen LogP contribution in [0.25, 0.3) is 0 Å². The maximum Gasteiger partial charge on any atom is 0.190 e. The molecule has 0 bridgehead atoms. The van der Waals surface area contributed by atoms with Crippen LogP contribution in [0, 0.1) is 0 Å². The zero-order valence-electron chi connectivity index (χ0n) is 9.38. The van der Waals surface area contributed by atoms with Crippen LogP contribution in [0.3, 0.4) is 0 Å². The third kappa shape index (κ3) is 1.35. The first kappa shape index (κ1) is 10.9. The highest BCUT2D eigenvalue weighted by molar-refractivity contribution is 5.10. The standard InChI is InChI=1S/C10H17NO5/c1-9(2)13-6-7(12)10(15-8(6)14-9)3-5(4-10)16-11/h5-8,12H,3-4,11H2,1-2H3/t5?,6-,7-,8+,10?/m1/s1. The molecule has 16 heavy (non-hydrogen) atoms. The van der Waals surface area contributed by atoms with Crippen LogP contribution in [-0.4, -0.2) is 41.1 Å². The highest BCUT2D eigenvalue weighted by atomic mass is 16.8. The van der Waals surface area contributed by atoms with Crippen molar-refractivity contribution in [3.8, 4) is 0 Å². The van der Waals surface area contributed by atoms with Gasteiger partial charge in [-0.15, -0.1) is 0 Å². The van der Waals surface area contributed by atoms with Gasteiger partial charge >= 0.3 is 0 Å². The minimum absolute atomic E-state index is 0.0403. The first-order valence-electron chi connectivity index (χ1n) is 5.53. The molecule has 2 aliphatic heterocycles. The van der Waals surface area contributed by atoms with E-state index in [-0.39, 0.29) is 6.10 Å². The molecule has 2 heterocycles. The Morgan fingerprint density at radius 2 is 1.94 bits per heavy atom. The van der Waals surface area contributed by atoms with E-state index in [9.17, 15) is 5.11 Å². The number of rotatable bonds is 1. The van der Waals surface area contributed by atoms with Crippen molar-refractivity contribution in [2.75, 3.05) is 0 Å². The van der Waals surface area contributed by atoms with Crippen LogP contribution in [0.2, 0.25) is 0 Å². The molecule has 1 saturated carbocycles. The summed E-state index contributed by atoms with van der Waals surface area (Å²) in [5.74, 6) is 4.40. The normalized spacial score (nSPS) is 54.0. The monoisotopic (exact) mass is 231 g/mol. The number of fused-ring (bicyclic) bond motifs is 1. The van der Waals surface area contributed by atoms with Crippen LogP contribution < -0.4 is 5.90 Å². The number of nitrogens with two attached hydrogens (primary N) is 1. The molecule has 1 aliphatic carbocycles. The van der Waals surface area contributed by atoms with E-state index in [4.69, 9.17) is 24.9 Å². The summed E-state index contributed by atoms with van der Waals surface area (Å²) in [6.45, 7) is 3.61. The van der Waals surface area contributed by atoms with Gasteiger partial charge in [-0.05, 0) is 13.8 Å². The fourth-order valence-corrected chi connectivity index (χ4v) is 2.81. The van der Waals surface area contributed by atoms with Gasteiger partial charge in [0, 0.05) is 12.8 Å². The van der Waals surface area contributed by atoms with Gasteiger partial charge in [0.2, 0.25) is 0 Å². The van der Waals surface area contributed by atoms with E-state index in [2.05, 4.69) is 0 Å². The van der Waals surface area contributed by atoms with Crippen molar-refractivity contribution >= 4 is 0 Å². The van der Waals surface area contributed by atoms with Gasteiger partial charge in [-0.2, -0.15) is 0 Å². The molecule has 0 aromatic rings. The molecule has 6 heteroatoms. The van der Waals surface area contributed by atoms with Gasteiger partial charge in [-0.25, -0.2) is 5.90 Å².